The highest BCUT2D eigenvalue weighted by atomic mass is 16.6. The molecular weight excluding hydrogens is 218 g/mol. The second-order valence-electron chi connectivity index (χ2n) is 3.92. The number of hydrogen-bond donors (Lipinski definition) is 0. The van der Waals surface area contributed by atoms with E-state index in [-0.39, 0.29) is 12.1 Å². The Morgan fingerprint density at radius 2 is 2.24 bits per heavy atom. The third-order valence-electron chi connectivity index (χ3n) is 2.67. The predicted molar refractivity (Wildman–Crippen MR) is 60.4 cm³/mol. The van der Waals surface area contributed by atoms with Gasteiger partial charge in [0.05, 0.1) is 23.3 Å². The number of rotatable bonds is 3. The summed E-state index contributed by atoms with van der Waals surface area (Å²) in [7, 11) is 0. The molecule has 17 heavy (non-hydrogen) atoms. The standard InChI is InChI=1S/C13H13NO3/c14-8-10-3-5-11(6-4-10)13(15)17-9-12-2-1-7-16-12/h3-6,12H,1-2,7,9H2. The fourth-order valence-corrected chi connectivity index (χ4v) is 1.71. The Morgan fingerprint density at radius 3 is 2.82 bits per heavy atom. The van der Waals surface area contributed by atoms with Gasteiger partial charge in [0.1, 0.15) is 6.61 Å². The van der Waals surface area contributed by atoms with Crippen LogP contribution < -0.4 is 0 Å². The minimum Gasteiger partial charge on any atom is -0.459 e. The molecule has 0 amide bonds. The van der Waals surface area contributed by atoms with Crippen LogP contribution in [0.1, 0.15) is 28.8 Å². The van der Waals surface area contributed by atoms with E-state index in [1.807, 2.05) is 6.07 Å². The summed E-state index contributed by atoms with van der Waals surface area (Å²) in [5.41, 5.74) is 0.989. The van der Waals surface area contributed by atoms with E-state index in [2.05, 4.69) is 0 Å². The third-order valence-corrected chi connectivity index (χ3v) is 2.67. The van der Waals surface area contributed by atoms with Gasteiger partial charge in [0.25, 0.3) is 0 Å². The van der Waals surface area contributed by atoms with Crippen LogP contribution in [0, 0.1) is 11.3 Å². The first-order chi connectivity index (χ1) is 8.29. The molecule has 1 aromatic carbocycles. The zero-order valence-corrected chi connectivity index (χ0v) is 9.39. The van der Waals surface area contributed by atoms with Gasteiger partial charge in [-0.1, -0.05) is 0 Å². The number of ether oxygens (including phenoxy) is 2. The molecule has 0 aliphatic carbocycles. The lowest BCUT2D eigenvalue weighted by molar-refractivity contribution is 0.0161. The molecule has 0 spiro atoms. The van der Waals surface area contributed by atoms with Crippen LogP contribution in [0.5, 0.6) is 0 Å². The zero-order valence-electron chi connectivity index (χ0n) is 9.39. The molecule has 1 aromatic rings. The first kappa shape index (κ1) is 11.6. The molecule has 4 nitrogen and oxygen atoms in total. The largest absolute Gasteiger partial charge is 0.459 e. The summed E-state index contributed by atoms with van der Waals surface area (Å²) in [6, 6.07) is 8.38. The molecule has 4 heteroatoms. The Balaban J connectivity index is 1.88. The van der Waals surface area contributed by atoms with Crippen molar-refractivity contribution in [1.29, 1.82) is 5.26 Å². The quantitative estimate of drug-likeness (QED) is 0.745. The minimum atomic E-state index is -0.370. The Hall–Kier alpha value is -1.86. The van der Waals surface area contributed by atoms with Gasteiger partial charge >= 0.3 is 5.97 Å². The van der Waals surface area contributed by atoms with Crippen LogP contribution in [0.2, 0.25) is 0 Å². The van der Waals surface area contributed by atoms with Gasteiger partial charge in [-0.3, -0.25) is 0 Å². The SMILES string of the molecule is N#Cc1ccc(C(=O)OCC2CCCO2)cc1. The number of esters is 1. The maximum absolute atomic E-state index is 11.6. The summed E-state index contributed by atoms with van der Waals surface area (Å²) in [5.74, 6) is -0.370. The van der Waals surface area contributed by atoms with Crippen LogP contribution >= 0.6 is 0 Å². The summed E-state index contributed by atoms with van der Waals surface area (Å²) < 4.78 is 10.5. The summed E-state index contributed by atoms with van der Waals surface area (Å²) in [6.45, 7) is 1.05. The molecule has 0 N–H and O–H groups in total. The van der Waals surface area contributed by atoms with Crippen molar-refractivity contribution in [3.05, 3.63) is 35.4 Å². The van der Waals surface area contributed by atoms with Crippen molar-refractivity contribution in [3.8, 4) is 6.07 Å². The van der Waals surface area contributed by atoms with Crippen molar-refractivity contribution in [2.45, 2.75) is 18.9 Å². The highest BCUT2D eigenvalue weighted by Gasteiger charge is 2.17. The topological polar surface area (TPSA) is 59.3 Å². The summed E-state index contributed by atoms with van der Waals surface area (Å²) >= 11 is 0. The van der Waals surface area contributed by atoms with Gasteiger partial charge in [-0.25, -0.2) is 4.79 Å². The van der Waals surface area contributed by atoms with E-state index < -0.39 is 0 Å². The number of carbonyl (C=O) groups is 1. The van der Waals surface area contributed by atoms with Gasteiger partial charge < -0.3 is 9.47 Å². The van der Waals surface area contributed by atoms with E-state index >= 15 is 0 Å². The number of carbonyl (C=O) groups excluding carboxylic acids is 1. The van der Waals surface area contributed by atoms with Gasteiger partial charge in [-0.15, -0.1) is 0 Å². The molecule has 0 saturated carbocycles. The summed E-state index contributed by atoms with van der Waals surface area (Å²) in [6.07, 6.45) is 2.01. The number of nitrogens with zero attached hydrogens (tertiary/aromatic N) is 1. The molecule has 1 aliphatic rings. The fraction of sp³-hybridized carbons (Fsp3) is 0.385. The van der Waals surface area contributed by atoms with Crippen LogP contribution in [0.25, 0.3) is 0 Å². The molecule has 1 saturated heterocycles. The fourth-order valence-electron chi connectivity index (χ4n) is 1.71. The lowest BCUT2D eigenvalue weighted by atomic mass is 10.1. The van der Waals surface area contributed by atoms with Gasteiger partial charge in [-0.2, -0.15) is 5.26 Å². The monoisotopic (exact) mass is 231 g/mol. The normalized spacial score (nSPS) is 18.6. The van der Waals surface area contributed by atoms with Crippen molar-refractivity contribution in [1.82, 2.24) is 0 Å². The Kier molecular flexibility index (Phi) is 3.73. The number of benzene rings is 1. The second-order valence-corrected chi connectivity index (χ2v) is 3.92. The molecule has 1 heterocycles. The molecule has 0 bridgehead atoms. The third kappa shape index (κ3) is 3.05. The highest BCUT2D eigenvalue weighted by molar-refractivity contribution is 5.89. The second kappa shape index (κ2) is 5.46. The average molecular weight is 231 g/mol. The van der Waals surface area contributed by atoms with E-state index in [0.29, 0.717) is 17.7 Å². The molecule has 1 aliphatic heterocycles. The van der Waals surface area contributed by atoms with E-state index in [0.717, 1.165) is 19.4 Å². The van der Waals surface area contributed by atoms with Crippen molar-refractivity contribution in [3.63, 3.8) is 0 Å². The van der Waals surface area contributed by atoms with Crippen molar-refractivity contribution < 1.29 is 14.3 Å². The molecule has 88 valence electrons. The lowest BCUT2D eigenvalue weighted by Gasteiger charge is -2.09. The maximum Gasteiger partial charge on any atom is 0.338 e. The Morgan fingerprint density at radius 1 is 1.47 bits per heavy atom. The first-order valence-electron chi connectivity index (χ1n) is 5.58. The van der Waals surface area contributed by atoms with E-state index in [1.54, 1.807) is 24.3 Å². The highest BCUT2D eigenvalue weighted by Crippen LogP contribution is 2.13. The minimum absolute atomic E-state index is 0.0392. The van der Waals surface area contributed by atoms with E-state index in [4.69, 9.17) is 14.7 Å². The molecule has 1 unspecified atom stereocenters. The smallest absolute Gasteiger partial charge is 0.338 e. The molecule has 0 radical (unpaired) electrons. The number of nitriles is 1. The average Bonchev–Trinajstić information content (AvgIpc) is 2.89. The van der Waals surface area contributed by atoms with Crippen LogP contribution in [-0.2, 0) is 9.47 Å². The van der Waals surface area contributed by atoms with Crippen LogP contribution in [-0.4, -0.2) is 25.3 Å². The van der Waals surface area contributed by atoms with Crippen molar-refractivity contribution >= 4 is 5.97 Å². The van der Waals surface area contributed by atoms with Crippen LogP contribution in [0.4, 0.5) is 0 Å². The van der Waals surface area contributed by atoms with Gasteiger partial charge in [-0.05, 0) is 37.1 Å². The van der Waals surface area contributed by atoms with Crippen LogP contribution in [0.3, 0.4) is 0 Å². The van der Waals surface area contributed by atoms with E-state index in [9.17, 15) is 4.79 Å². The lowest BCUT2D eigenvalue weighted by Crippen LogP contribution is -2.17. The molecule has 1 fully saturated rings. The number of hydrogen-bond acceptors (Lipinski definition) is 4. The molecule has 2 rings (SSSR count). The van der Waals surface area contributed by atoms with Crippen molar-refractivity contribution in [2.24, 2.45) is 0 Å². The molecule has 0 aromatic heterocycles. The van der Waals surface area contributed by atoms with E-state index in [1.165, 1.54) is 0 Å². The molecular formula is C13H13NO3. The molecule has 1 atom stereocenters. The maximum atomic E-state index is 11.6. The van der Waals surface area contributed by atoms with Gasteiger partial charge in [0.15, 0.2) is 0 Å². The van der Waals surface area contributed by atoms with Crippen LogP contribution in [0.15, 0.2) is 24.3 Å². The first-order valence-corrected chi connectivity index (χ1v) is 5.58. The van der Waals surface area contributed by atoms with Crippen molar-refractivity contribution in [2.75, 3.05) is 13.2 Å². The van der Waals surface area contributed by atoms with Gasteiger partial charge in [0, 0.05) is 6.61 Å². The predicted octanol–water partition coefficient (Wildman–Crippen LogP) is 1.89. The summed E-state index contributed by atoms with van der Waals surface area (Å²) in [5, 5.41) is 8.63. The Bertz CT molecular complexity index is 427. The van der Waals surface area contributed by atoms with Gasteiger partial charge in [0.2, 0.25) is 0 Å². The Labute approximate surface area is 99.8 Å². The summed E-state index contributed by atoms with van der Waals surface area (Å²) in [4.78, 5) is 11.6. The zero-order chi connectivity index (χ0) is 12.1.